The fraction of sp³-hybridized carbons (Fsp3) is 0.522. The zero-order chi connectivity index (χ0) is 22.1. The minimum Gasteiger partial charge on any atom is -0.493 e. The van der Waals surface area contributed by atoms with Crippen LogP contribution in [0, 0.1) is 5.92 Å². The summed E-state index contributed by atoms with van der Waals surface area (Å²) >= 11 is 0. The second-order valence-electron chi connectivity index (χ2n) is 7.94. The van der Waals surface area contributed by atoms with E-state index in [2.05, 4.69) is 13.8 Å². The highest BCUT2D eigenvalue weighted by atomic mass is 16.5. The molecule has 3 rings (SSSR count). The van der Waals surface area contributed by atoms with Crippen molar-refractivity contribution in [3.8, 4) is 17.2 Å². The van der Waals surface area contributed by atoms with Gasteiger partial charge in [-0.2, -0.15) is 0 Å². The van der Waals surface area contributed by atoms with Crippen LogP contribution in [0.5, 0.6) is 17.2 Å². The molecule has 2 atom stereocenters. The molecule has 1 aliphatic heterocycles. The van der Waals surface area contributed by atoms with Gasteiger partial charge in [-0.1, -0.05) is 6.92 Å². The average molecular weight is 418 g/mol. The zero-order valence-corrected chi connectivity index (χ0v) is 18.7. The summed E-state index contributed by atoms with van der Waals surface area (Å²) in [5, 5.41) is 0. The van der Waals surface area contributed by atoms with E-state index in [9.17, 15) is 4.79 Å². The van der Waals surface area contributed by atoms with Crippen molar-refractivity contribution in [3.63, 3.8) is 0 Å². The molecule has 7 nitrogen and oxygen atoms in total. The average Bonchev–Trinajstić information content (AvgIpc) is 2.97. The number of ether oxygens (including phenoxy) is 6. The summed E-state index contributed by atoms with van der Waals surface area (Å²) < 4.78 is 33.6. The van der Waals surface area contributed by atoms with Crippen molar-refractivity contribution in [1.29, 1.82) is 0 Å². The number of rotatable bonds is 7. The SMILES string of the molecule is COC1=CC2(C=C(OC)C1=O)C[C@H](C)[C@](C)(Cc1cc(OC)c(OC)c(OC)c1)O2. The molecular weight excluding hydrogens is 388 g/mol. The van der Waals surface area contributed by atoms with Crippen LogP contribution in [0.4, 0.5) is 0 Å². The number of carbonyl (C=O) groups is 1. The number of hydrogen-bond acceptors (Lipinski definition) is 7. The normalized spacial score (nSPS) is 24.9. The van der Waals surface area contributed by atoms with Crippen LogP contribution in [0.15, 0.2) is 35.8 Å². The zero-order valence-electron chi connectivity index (χ0n) is 18.7. The lowest BCUT2D eigenvalue weighted by Crippen LogP contribution is -2.37. The molecule has 0 saturated carbocycles. The monoisotopic (exact) mass is 418 g/mol. The Labute approximate surface area is 177 Å². The Morgan fingerprint density at radius 2 is 1.47 bits per heavy atom. The summed E-state index contributed by atoms with van der Waals surface area (Å²) in [4.78, 5) is 12.4. The summed E-state index contributed by atoms with van der Waals surface area (Å²) in [6.07, 6.45) is 4.83. The molecule has 1 aliphatic carbocycles. The topological polar surface area (TPSA) is 72.5 Å². The summed E-state index contributed by atoms with van der Waals surface area (Å²) in [5.74, 6) is 2.13. The molecule has 7 heteroatoms. The van der Waals surface area contributed by atoms with Crippen LogP contribution in [-0.2, 0) is 25.4 Å². The lowest BCUT2D eigenvalue weighted by molar-refractivity contribution is -0.119. The van der Waals surface area contributed by atoms with E-state index < -0.39 is 11.2 Å². The van der Waals surface area contributed by atoms with E-state index in [1.54, 1.807) is 33.5 Å². The van der Waals surface area contributed by atoms with E-state index in [4.69, 9.17) is 28.4 Å². The fourth-order valence-corrected chi connectivity index (χ4v) is 4.34. The van der Waals surface area contributed by atoms with Gasteiger partial charge in [-0.25, -0.2) is 0 Å². The Balaban J connectivity index is 1.96. The van der Waals surface area contributed by atoms with Crippen molar-refractivity contribution in [3.05, 3.63) is 41.4 Å². The van der Waals surface area contributed by atoms with Gasteiger partial charge in [0.05, 0.1) is 41.2 Å². The van der Waals surface area contributed by atoms with Crippen LogP contribution in [0.25, 0.3) is 0 Å². The van der Waals surface area contributed by atoms with Gasteiger partial charge in [0.2, 0.25) is 5.75 Å². The molecule has 0 N–H and O–H groups in total. The standard InChI is InChI=1S/C23H30O7/c1-14-10-23(12-18(27-5)20(24)19(13-23)28-6)30-22(14,2)11-15-8-16(25-3)21(29-7)17(9-15)26-4/h8-9,12-14H,10-11H2,1-7H3/t14-,22-/m0/s1. The minimum absolute atomic E-state index is 0.188. The molecule has 164 valence electrons. The third-order valence-corrected chi connectivity index (χ3v) is 6.01. The van der Waals surface area contributed by atoms with Gasteiger partial charge in [-0.3, -0.25) is 4.79 Å². The van der Waals surface area contributed by atoms with Crippen molar-refractivity contribution in [2.75, 3.05) is 35.5 Å². The molecule has 1 spiro atoms. The molecule has 0 aromatic heterocycles. The molecule has 2 aliphatic rings. The molecule has 1 aromatic rings. The summed E-state index contributed by atoms with van der Waals surface area (Å²) in [6.45, 7) is 4.22. The molecule has 0 bridgehead atoms. The Kier molecular flexibility index (Phi) is 6.04. The summed E-state index contributed by atoms with van der Waals surface area (Å²) in [5.41, 5.74) is -0.274. The Morgan fingerprint density at radius 3 is 1.90 bits per heavy atom. The van der Waals surface area contributed by atoms with Crippen molar-refractivity contribution in [2.24, 2.45) is 5.92 Å². The quantitative estimate of drug-likeness (QED) is 0.671. The van der Waals surface area contributed by atoms with Gasteiger partial charge in [0.25, 0.3) is 5.78 Å². The van der Waals surface area contributed by atoms with Gasteiger partial charge in [0.1, 0.15) is 5.60 Å². The van der Waals surface area contributed by atoms with Crippen LogP contribution < -0.4 is 14.2 Å². The molecular formula is C23H30O7. The van der Waals surface area contributed by atoms with Gasteiger partial charge < -0.3 is 28.4 Å². The van der Waals surface area contributed by atoms with Gasteiger partial charge in [0, 0.05) is 6.42 Å². The highest BCUT2D eigenvalue weighted by molar-refractivity contribution is 6.06. The molecule has 1 fully saturated rings. The first kappa shape index (κ1) is 22.0. The second-order valence-corrected chi connectivity index (χ2v) is 7.94. The van der Waals surface area contributed by atoms with Crippen LogP contribution in [0.3, 0.4) is 0 Å². The van der Waals surface area contributed by atoms with Crippen LogP contribution >= 0.6 is 0 Å². The Hall–Kier alpha value is -2.67. The largest absolute Gasteiger partial charge is 0.493 e. The van der Waals surface area contributed by atoms with Gasteiger partial charge in [0.15, 0.2) is 23.0 Å². The first-order chi connectivity index (χ1) is 14.2. The van der Waals surface area contributed by atoms with Gasteiger partial charge in [-0.15, -0.1) is 0 Å². The predicted molar refractivity (Wildman–Crippen MR) is 111 cm³/mol. The van der Waals surface area contributed by atoms with Crippen LogP contribution in [-0.4, -0.2) is 52.5 Å². The van der Waals surface area contributed by atoms with Crippen LogP contribution in [0.1, 0.15) is 25.8 Å². The molecule has 0 amide bonds. The van der Waals surface area contributed by atoms with Crippen LogP contribution in [0.2, 0.25) is 0 Å². The van der Waals surface area contributed by atoms with E-state index in [-0.39, 0.29) is 23.2 Å². The maximum atomic E-state index is 12.4. The number of Topliss-reactive ketones (excluding diaryl/α,β-unsaturated/α-hetero) is 1. The predicted octanol–water partition coefficient (Wildman–Crippen LogP) is 3.45. The molecule has 1 aromatic carbocycles. The minimum atomic E-state index is -0.764. The number of methoxy groups -OCH3 is 5. The first-order valence-corrected chi connectivity index (χ1v) is 9.82. The lowest BCUT2D eigenvalue weighted by Gasteiger charge is -2.33. The van der Waals surface area contributed by atoms with Gasteiger partial charge in [-0.05, 0) is 49.1 Å². The second kappa shape index (κ2) is 8.22. The smallest absolute Gasteiger partial charge is 0.261 e. The number of ketones is 1. The Bertz CT molecular complexity index is 837. The molecule has 0 unspecified atom stereocenters. The molecule has 0 radical (unpaired) electrons. The van der Waals surface area contributed by atoms with E-state index in [1.165, 1.54) is 14.2 Å². The van der Waals surface area contributed by atoms with E-state index in [0.717, 1.165) is 5.56 Å². The van der Waals surface area contributed by atoms with E-state index >= 15 is 0 Å². The lowest BCUT2D eigenvalue weighted by atomic mass is 9.81. The third-order valence-electron chi connectivity index (χ3n) is 6.01. The Morgan fingerprint density at radius 1 is 0.933 bits per heavy atom. The first-order valence-electron chi connectivity index (χ1n) is 9.82. The van der Waals surface area contributed by atoms with Crippen molar-refractivity contribution in [2.45, 2.75) is 37.9 Å². The van der Waals surface area contributed by atoms with Crippen molar-refractivity contribution >= 4 is 5.78 Å². The number of carbonyl (C=O) groups excluding carboxylic acids is 1. The maximum Gasteiger partial charge on any atom is 0.261 e. The maximum absolute atomic E-state index is 12.4. The third kappa shape index (κ3) is 3.74. The molecule has 30 heavy (non-hydrogen) atoms. The summed E-state index contributed by atoms with van der Waals surface area (Å²) in [6, 6.07) is 3.87. The number of hydrogen-bond donors (Lipinski definition) is 0. The highest BCUT2D eigenvalue weighted by Crippen LogP contribution is 2.49. The van der Waals surface area contributed by atoms with Gasteiger partial charge >= 0.3 is 0 Å². The van der Waals surface area contributed by atoms with E-state index in [1.807, 2.05) is 12.1 Å². The van der Waals surface area contributed by atoms with E-state index in [0.29, 0.717) is 30.1 Å². The molecule has 1 saturated heterocycles. The highest BCUT2D eigenvalue weighted by Gasteiger charge is 2.52. The summed E-state index contributed by atoms with van der Waals surface area (Å²) in [7, 11) is 7.73. The molecule has 1 heterocycles. The fourth-order valence-electron chi connectivity index (χ4n) is 4.34. The van der Waals surface area contributed by atoms with Crippen molar-refractivity contribution in [1.82, 2.24) is 0 Å². The van der Waals surface area contributed by atoms with Crippen molar-refractivity contribution < 1.29 is 33.2 Å². The number of benzene rings is 1.